The van der Waals surface area contributed by atoms with E-state index in [1.165, 1.54) is 4.68 Å². The highest BCUT2D eigenvalue weighted by molar-refractivity contribution is 5.77. The molecule has 0 unspecified atom stereocenters. The average molecular weight is 412 g/mol. The fraction of sp³-hybridized carbons (Fsp3) is 0.381. The molecule has 30 heavy (non-hydrogen) atoms. The van der Waals surface area contributed by atoms with Crippen LogP contribution in [-0.4, -0.2) is 40.0 Å². The van der Waals surface area contributed by atoms with Crippen molar-refractivity contribution in [3.63, 3.8) is 0 Å². The van der Waals surface area contributed by atoms with E-state index in [-0.39, 0.29) is 37.3 Å². The third kappa shape index (κ3) is 4.56. The zero-order valence-electron chi connectivity index (χ0n) is 16.7. The molecule has 2 aromatic heterocycles. The van der Waals surface area contributed by atoms with Gasteiger partial charge < -0.3 is 19.2 Å². The first-order chi connectivity index (χ1) is 14.7. The molecule has 1 aromatic carbocycles. The average Bonchev–Trinajstić information content (AvgIpc) is 3.32. The highest BCUT2D eigenvalue weighted by Crippen LogP contribution is 2.36. The molecule has 1 saturated carbocycles. The maximum absolute atomic E-state index is 12.7. The maximum Gasteiger partial charge on any atom is 0.346 e. The summed E-state index contributed by atoms with van der Waals surface area (Å²) in [4.78, 5) is 24.8. The molecule has 4 rings (SSSR count). The van der Waals surface area contributed by atoms with Gasteiger partial charge in [-0.05, 0) is 56.2 Å². The molecule has 1 aliphatic rings. The lowest BCUT2D eigenvalue weighted by atomic mass is 10.3. The summed E-state index contributed by atoms with van der Waals surface area (Å²) in [6, 6.07) is 10.8. The van der Waals surface area contributed by atoms with Crippen molar-refractivity contribution < 1.29 is 18.7 Å². The van der Waals surface area contributed by atoms with Gasteiger partial charge in [0.1, 0.15) is 11.5 Å². The lowest BCUT2D eigenvalue weighted by Crippen LogP contribution is -2.34. The molecular weight excluding hydrogens is 388 g/mol. The van der Waals surface area contributed by atoms with Gasteiger partial charge >= 0.3 is 5.69 Å². The highest BCUT2D eigenvalue weighted by atomic mass is 16.5. The lowest BCUT2D eigenvalue weighted by molar-refractivity contribution is -0.123. The van der Waals surface area contributed by atoms with Crippen LogP contribution < -0.4 is 20.5 Å². The fourth-order valence-electron chi connectivity index (χ4n) is 3.10. The number of amides is 1. The van der Waals surface area contributed by atoms with Crippen LogP contribution in [0.2, 0.25) is 0 Å². The molecule has 1 fully saturated rings. The first-order valence-corrected chi connectivity index (χ1v) is 10.0. The van der Waals surface area contributed by atoms with Gasteiger partial charge in [-0.2, -0.15) is 0 Å². The van der Waals surface area contributed by atoms with Gasteiger partial charge in [-0.15, -0.1) is 5.10 Å². The smallest absolute Gasteiger partial charge is 0.346 e. The van der Waals surface area contributed by atoms with Gasteiger partial charge in [0.15, 0.2) is 12.4 Å². The normalized spacial score (nSPS) is 13.2. The number of aromatic nitrogens is 3. The molecule has 0 atom stereocenters. The Labute approximate surface area is 173 Å². The van der Waals surface area contributed by atoms with E-state index in [0.29, 0.717) is 23.9 Å². The van der Waals surface area contributed by atoms with Crippen LogP contribution in [0.4, 0.5) is 0 Å². The van der Waals surface area contributed by atoms with Crippen molar-refractivity contribution in [2.75, 3.05) is 19.8 Å². The van der Waals surface area contributed by atoms with Crippen molar-refractivity contribution in [1.29, 1.82) is 0 Å². The summed E-state index contributed by atoms with van der Waals surface area (Å²) in [5.74, 6) is 2.14. The van der Waals surface area contributed by atoms with Gasteiger partial charge in [0, 0.05) is 12.6 Å². The standard InChI is InChI=1S/C21H24N4O5/c1-2-28-16-7-9-17(10-8-16)30-14-19(26)22-11-12-24-21(27)25(15-5-6-15)20(23-24)18-4-3-13-29-18/h3-4,7-10,13,15H,2,5-6,11-12,14H2,1H3,(H,22,26). The Morgan fingerprint density at radius 1 is 1.20 bits per heavy atom. The number of ether oxygens (including phenoxy) is 2. The van der Waals surface area contributed by atoms with Gasteiger partial charge in [0.05, 0.1) is 19.4 Å². The number of benzene rings is 1. The Hall–Kier alpha value is -3.49. The second-order valence-electron chi connectivity index (χ2n) is 6.95. The summed E-state index contributed by atoms with van der Waals surface area (Å²) in [6.45, 7) is 2.92. The summed E-state index contributed by atoms with van der Waals surface area (Å²) in [7, 11) is 0. The summed E-state index contributed by atoms with van der Waals surface area (Å²) >= 11 is 0. The number of nitrogens with one attached hydrogen (secondary N) is 1. The van der Waals surface area contributed by atoms with Crippen LogP contribution in [0.5, 0.6) is 11.5 Å². The molecule has 9 nitrogen and oxygen atoms in total. The minimum absolute atomic E-state index is 0.114. The van der Waals surface area contributed by atoms with Gasteiger partial charge in [-0.1, -0.05) is 0 Å². The van der Waals surface area contributed by atoms with E-state index in [1.54, 1.807) is 47.2 Å². The molecule has 158 valence electrons. The van der Waals surface area contributed by atoms with Crippen molar-refractivity contribution in [3.05, 3.63) is 53.1 Å². The van der Waals surface area contributed by atoms with E-state index < -0.39 is 0 Å². The van der Waals surface area contributed by atoms with E-state index in [0.717, 1.165) is 18.6 Å². The van der Waals surface area contributed by atoms with Crippen molar-refractivity contribution in [3.8, 4) is 23.1 Å². The Morgan fingerprint density at radius 2 is 1.93 bits per heavy atom. The van der Waals surface area contributed by atoms with Crippen molar-refractivity contribution in [2.45, 2.75) is 32.4 Å². The third-order valence-corrected chi connectivity index (χ3v) is 4.67. The number of carbonyl (C=O) groups excluding carboxylic acids is 1. The van der Waals surface area contributed by atoms with E-state index in [2.05, 4.69) is 10.4 Å². The van der Waals surface area contributed by atoms with Crippen LogP contribution in [-0.2, 0) is 11.3 Å². The van der Waals surface area contributed by atoms with E-state index >= 15 is 0 Å². The Bertz CT molecular complexity index is 1030. The molecule has 0 saturated heterocycles. The highest BCUT2D eigenvalue weighted by Gasteiger charge is 2.31. The van der Waals surface area contributed by atoms with Crippen molar-refractivity contribution in [2.24, 2.45) is 0 Å². The van der Waals surface area contributed by atoms with Crippen LogP contribution in [0.15, 0.2) is 51.9 Å². The van der Waals surface area contributed by atoms with Crippen molar-refractivity contribution >= 4 is 5.91 Å². The third-order valence-electron chi connectivity index (χ3n) is 4.67. The van der Waals surface area contributed by atoms with Crippen molar-refractivity contribution in [1.82, 2.24) is 19.7 Å². The molecule has 3 aromatic rings. The fourth-order valence-corrected chi connectivity index (χ4v) is 3.10. The van der Waals surface area contributed by atoms with Gasteiger partial charge in [-0.3, -0.25) is 9.36 Å². The van der Waals surface area contributed by atoms with Gasteiger partial charge in [-0.25, -0.2) is 9.48 Å². The molecule has 0 radical (unpaired) electrons. The van der Waals surface area contributed by atoms with E-state index in [4.69, 9.17) is 13.9 Å². The molecule has 1 aliphatic carbocycles. The van der Waals surface area contributed by atoms with Gasteiger partial charge in [0.2, 0.25) is 5.82 Å². The number of nitrogens with zero attached hydrogens (tertiary/aromatic N) is 3. The molecular formula is C21H24N4O5. The second-order valence-corrected chi connectivity index (χ2v) is 6.95. The molecule has 0 bridgehead atoms. The lowest BCUT2D eigenvalue weighted by Gasteiger charge is -2.08. The Balaban J connectivity index is 1.29. The topological polar surface area (TPSA) is 101 Å². The minimum Gasteiger partial charge on any atom is -0.494 e. The van der Waals surface area contributed by atoms with Crippen LogP contribution in [0.1, 0.15) is 25.8 Å². The van der Waals surface area contributed by atoms with Gasteiger partial charge in [0.25, 0.3) is 5.91 Å². The summed E-state index contributed by atoms with van der Waals surface area (Å²) in [5, 5.41) is 7.15. The summed E-state index contributed by atoms with van der Waals surface area (Å²) in [6.07, 6.45) is 3.47. The van der Waals surface area contributed by atoms with Crippen LogP contribution in [0.25, 0.3) is 11.6 Å². The molecule has 9 heteroatoms. The predicted molar refractivity (Wildman–Crippen MR) is 109 cm³/mol. The number of hydrogen-bond donors (Lipinski definition) is 1. The minimum atomic E-state index is -0.273. The molecule has 0 spiro atoms. The summed E-state index contributed by atoms with van der Waals surface area (Å²) < 4.78 is 19.3. The number of rotatable bonds is 10. The first-order valence-electron chi connectivity index (χ1n) is 10.0. The maximum atomic E-state index is 12.7. The summed E-state index contributed by atoms with van der Waals surface area (Å²) in [5.41, 5.74) is -0.191. The zero-order valence-corrected chi connectivity index (χ0v) is 16.7. The molecule has 2 heterocycles. The van der Waals surface area contributed by atoms with Crippen LogP contribution in [0.3, 0.4) is 0 Å². The Kier molecular flexibility index (Phi) is 5.87. The molecule has 1 amide bonds. The second kappa shape index (κ2) is 8.89. The first kappa shape index (κ1) is 19.8. The quantitative estimate of drug-likeness (QED) is 0.548. The molecule has 1 N–H and O–H groups in total. The Morgan fingerprint density at radius 3 is 2.57 bits per heavy atom. The molecule has 0 aliphatic heterocycles. The van der Waals surface area contributed by atoms with E-state index in [9.17, 15) is 9.59 Å². The number of furan rings is 1. The van der Waals surface area contributed by atoms with Crippen LogP contribution in [0, 0.1) is 0 Å². The number of hydrogen-bond acceptors (Lipinski definition) is 6. The predicted octanol–water partition coefficient (Wildman–Crippen LogP) is 2.23. The van der Waals surface area contributed by atoms with Crippen LogP contribution >= 0.6 is 0 Å². The number of carbonyl (C=O) groups is 1. The zero-order chi connectivity index (χ0) is 20.9. The monoisotopic (exact) mass is 412 g/mol. The van der Waals surface area contributed by atoms with E-state index in [1.807, 2.05) is 6.92 Å². The SMILES string of the molecule is CCOc1ccc(OCC(=O)NCCn2nc(-c3ccco3)n(C3CC3)c2=O)cc1. The largest absolute Gasteiger partial charge is 0.494 e.